The highest BCUT2D eigenvalue weighted by atomic mass is 79.9. The monoisotopic (exact) mass is 457 g/mol. The van der Waals surface area contributed by atoms with Crippen LogP contribution in [0.1, 0.15) is 22.4 Å². The van der Waals surface area contributed by atoms with Crippen molar-refractivity contribution in [2.24, 2.45) is 0 Å². The van der Waals surface area contributed by atoms with Crippen molar-refractivity contribution < 1.29 is 4.79 Å². The van der Waals surface area contributed by atoms with E-state index in [1.807, 2.05) is 55.5 Å². The summed E-state index contributed by atoms with van der Waals surface area (Å²) in [6.07, 6.45) is -0.0205. The van der Waals surface area contributed by atoms with E-state index in [0.717, 1.165) is 21.3 Å². The molecule has 3 rings (SSSR count). The van der Waals surface area contributed by atoms with E-state index in [1.54, 1.807) is 6.92 Å². The zero-order valence-corrected chi connectivity index (χ0v) is 18.0. The van der Waals surface area contributed by atoms with Gasteiger partial charge in [0, 0.05) is 27.2 Å². The van der Waals surface area contributed by atoms with Crippen LogP contribution in [0.25, 0.3) is 0 Å². The zero-order chi connectivity index (χ0) is 20.1. The predicted octanol–water partition coefficient (Wildman–Crippen LogP) is 4.62. The van der Waals surface area contributed by atoms with Gasteiger partial charge in [-0.05, 0) is 43.2 Å². The first-order valence-electron chi connectivity index (χ1n) is 8.75. The summed E-state index contributed by atoms with van der Waals surface area (Å²) in [4.78, 5) is 32.1. The van der Waals surface area contributed by atoms with Gasteiger partial charge in [-0.2, -0.15) is 0 Å². The molecule has 1 heterocycles. The smallest absolute Gasteiger partial charge is 0.255 e. The number of aryl methyl sites for hydroxylation is 2. The van der Waals surface area contributed by atoms with E-state index in [-0.39, 0.29) is 17.9 Å². The van der Waals surface area contributed by atoms with Crippen LogP contribution in [0.2, 0.25) is 0 Å². The minimum Gasteiger partial charge on any atom is -0.326 e. The Morgan fingerprint density at radius 1 is 1.18 bits per heavy atom. The van der Waals surface area contributed by atoms with Crippen LogP contribution in [0.3, 0.4) is 0 Å². The number of halogens is 1. The number of hydrogen-bond donors (Lipinski definition) is 2. The number of hydrogen-bond acceptors (Lipinski definition) is 4. The fraction of sp³-hybridized carbons (Fsp3) is 0.190. The van der Waals surface area contributed by atoms with Gasteiger partial charge in [-0.3, -0.25) is 9.59 Å². The SMILES string of the molecule is Cc1cc(Br)ccc1NC(=O)Cc1c(C)nc(SCc2ccccc2)[nH]c1=O. The number of carbonyl (C=O) groups is 1. The lowest BCUT2D eigenvalue weighted by molar-refractivity contribution is -0.115. The van der Waals surface area contributed by atoms with Crippen molar-refractivity contribution in [3.63, 3.8) is 0 Å². The molecule has 0 saturated carbocycles. The molecule has 2 aromatic carbocycles. The molecule has 0 aliphatic rings. The Morgan fingerprint density at radius 3 is 2.61 bits per heavy atom. The van der Waals surface area contributed by atoms with Crippen LogP contribution >= 0.6 is 27.7 Å². The number of aromatic amines is 1. The van der Waals surface area contributed by atoms with Crippen molar-refractivity contribution in [3.8, 4) is 0 Å². The van der Waals surface area contributed by atoms with Gasteiger partial charge in [0.2, 0.25) is 5.91 Å². The molecule has 144 valence electrons. The molecule has 7 heteroatoms. The first-order valence-corrected chi connectivity index (χ1v) is 10.5. The van der Waals surface area contributed by atoms with Crippen molar-refractivity contribution in [1.29, 1.82) is 0 Å². The van der Waals surface area contributed by atoms with Crippen LogP contribution in [0.5, 0.6) is 0 Å². The van der Waals surface area contributed by atoms with Gasteiger partial charge in [-0.15, -0.1) is 0 Å². The Hall–Kier alpha value is -2.38. The minimum absolute atomic E-state index is 0.0205. The van der Waals surface area contributed by atoms with E-state index in [1.165, 1.54) is 11.8 Å². The maximum atomic E-state index is 12.5. The van der Waals surface area contributed by atoms with Gasteiger partial charge in [-0.25, -0.2) is 4.98 Å². The van der Waals surface area contributed by atoms with Gasteiger partial charge < -0.3 is 10.3 Å². The number of thioether (sulfide) groups is 1. The number of H-pyrrole nitrogens is 1. The highest BCUT2D eigenvalue weighted by Gasteiger charge is 2.14. The van der Waals surface area contributed by atoms with Gasteiger partial charge >= 0.3 is 0 Å². The molecule has 2 N–H and O–H groups in total. The van der Waals surface area contributed by atoms with Crippen LogP contribution in [0, 0.1) is 13.8 Å². The van der Waals surface area contributed by atoms with Crippen molar-refractivity contribution in [2.75, 3.05) is 5.32 Å². The van der Waals surface area contributed by atoms with Gasteiger partial charge in [0.15, 0.2) is 5.16 Å². The number of benzene rings is 2. The molecule has 0 aliphatic heterocycles. The maximum absolute atomic E-state index is 12.5. The van der Waals surface area contributed by atoms with Gasteiger partial charge in [0.25, 0.3) is 5.56 Å². The summed E-state index contributed by atoms with van der Waals surface area (Å²) >= 11 is 4.86. The average Bonchev–Trinajstić information content (AvgIpc) is 2.66. The van der Waals surface area contributed by atoms with E-state index >= 15 is 0 Å². The molecule has 0 atom stereocenters. The van der Waals surface area contributed by atoms with E-state index in [9.17, 15) is 9.59 Å². The molecule has 1 amide bonds. The Kier molecular flexibility index (Phi) is 6.70. The molecule has 0 fully saturated rings. The second-order valence-corrected chi connectivity index (χ2v) is 8.27. The number of nitrogens with one attached hydrogen (secondary N) is 2. The summed E-state index contributed by atoms with van der Waals surface area (Å²) in [6.45, 7) is 3.67. The molecule has 3 aromatic rings. The zero-order valence-electron chi connectivity index (χ0n) is 15.6. The number of carbonyl (C=O) groups excluding carboxylic acids is 1. The minimum atomic E-state index is -0.272. The van der Waals surface area contributed by atoms with E-state index in [4.69, 9.17) is 0 Å². The molecular formula is C21H20BrN3O2S. The molecule has 0 aliphatic carbocycles. The molecule has 0 saturated heterocycles. The fourth-order valence-corrected chi connectivity index (χ4v) is 4.05. The third-order valence-corrected chi connectivity index (χ3v) is 5.66. The molecule has 5 nitrogen and oxygen atoms in total. The van der Waals surface area contributed by atoms with E-state index in [2.05, 4.69) is 31.2 Å². The summed E-state index contributed by atoms with van der Waals surface area (Å²) < 4.78 is 0.947. The Balaban J connectivity index is 1.68. The average molecular weight is 458 g/mol. The quantitative estimate of drug-likeness (QED) is 0.418. The standard InChI is InChI=1S/C21H20BrN3O2S/c1-13-10-16(22)8-9-18(13)24-19(26)11-17-14(2)23-21(25-20(17)27)28-12-15-6-4-3-5-7-15/h3-10H,11-12H2,1-2H3,(H,24,26)(H,23,25,27). The number of rotatable bonds is 6. The van der Waals surface area contributed by atoms with Gasteiger partial charge in [-0.1, -0.05) is 58.0 Å². The normalized spacial score (nSPS) is 10.7. The van der Waals surface area contributed by atoms with Crippen LogP contribution in [-0.4, -0.2) is 15.9 Å². The lowest BCUT2D eigenvalue weighted by Crippen LogP contribution is -2.24. The predicted molar refractivity (Wildman–Crippen MR) is 117 cm³/mol. The number of amides is 1. The summed E-state index contributed by atoms with van der Waals surface area (Å²) in [6, 6.07) is 15.6. The summed E-state index contributed by atoms with van der Waals surface area (Å²) in [5.41, 5.74) is 3.51. The highest BCUT2D eigenvalue weighted by Crippen LogP contribution is 2.21. The van der Waals surface area contributed by atoms with Gasteiger partial charge in [0.1, 0.15) is 0 Å². The van der Waals surface area contributed by atoms with Gasteiger partial charge in [0.05, 0.1) is 6.42 Å². The van der Waals surface area contributed by atoms with E-state index < -0.39 is 0 Å². The van der Waals surface area contributed by atoms with Crippen molar-refractivity contribution in [2.45, 2.75) is 31.2 Å². The van der Waals surface area contributed by atoms with Crippen LogP contribution in [0.4, 0.5) is 5.69 Å². The van der Waals surface area contributed by atoms with Crippen molar-refractivity contribution >= 4 is 39.3 Å². The Labute approximate surface area is 176 Å². The van der Waals surface area contributed by atoms with Crippen molar-refractivity contribution in [1.82, 2.24) is 9.97 Å². The molecule has 1 aromatic heterocycles. The molecular weight excluding hydrogens is 438 g/mol. The molecule has 0 spiro atoms. The second-order valence-electron chi connectivity index (χ2n) is 6.39. The Bertz CT molecular complexity index is 1050. The summed E-state index contributed by atoms with van der Waals surface area (Å²) in [7, 11) is 0. The topological polar surface area (TPSA) is 74.8 Å². The lowest BCUT2D eigenvalue weighted by atomic mass is 10.1. The summed E-state index contributed by atoms with van der Waals surface area (Å²) in [5, 5.41) is 3.41. The lowest BCUT2D eigenvalue weighted by Gasteiger charge is -2.10. The van der Waals surface area contributed by atoms with Crippen LogP contribution < -0.4 is 10.9 Å². The fourth-order valence-electron chi connectivity index (χ4n) is 2.71. The molecule has 0 bridgehead atoms. The maximum Gasteiger partial charge on any atom is 0.255 e. The second kappa shape index (κ2) is 9.21. The first kappa shape index (κ1) is 20.4. The molecule has 0 unspecified atom stereocenters. The van der Waals surface area contributed by atoms with Crippen LogP contribution in [0.15, 0.2) is 63.0 Å². The van der Waals surface area contributed by atoms with E-state index in [0.29, 0.717) is 22.2 Å². The number of anilines is 1. The highest BCUT2D eigenvalue weighted by molar-refractivity contribution is 9.10. The largest absolute Gasteiger partial charge is 0.326 e. The Morgan fingerprint density at radius 2 is 1.93 bits per heavy atom. The van der Waals surface area contributed by atoms with Crippen molar-refractivity contribution in [3.05, 3.63) is 85.7 Å². The molecule has 28 heavy (non-hydrogen) atoms. The first-order chi connectivity index (χ1) is 13.4. The molecule has 0 radical (unpaired) electrons. The third kappa shape index (κ3) is 5.33. The van der Waals surface area contributed by atoms with Crippen LogP contribution in [-0.2, 0) is 17.0 Å². The number of aromatic nitrogens is 2. The summed E-state index contributed by atoms with van der Waals surface area (Å²) in [5.74, 6) is 0.469. The third-order valence-electron chi connectivity index (χ3n) is 4.22. The number of nitrogens with zero attached hydrogens (tertiary/aromatic N) is 1.